The minimum atomic E-state index is -3.44. The van der Waals surface area contributed by atoms with Crippen LogP contribution in [0.5, 0.6) is 0 Å². The van der Waals surface area contributed by atoms with Crippen LogP contribution in [0.4, 0.5) is 0 Å². The molecule has 0 aliphatic heterocycles. The van der Waals surface area contributed by atoms with E-state index in [9.17, 15) is 8.42 Å². The fraction of sp³-hybridized carbons (Fsp3) is 0.308. The molecule has 0 bridgehead atoms. The number of nitriles is 1. The Morgan fingerprint density at radius 2 is 1.82 bits per heavy atom. The number of hydrogen-bond acceptors (Lipinski definition) is 3. The molecule has 0 radical (unpaired) electrons. The number of hydrogen-bond donors (Lipinski definition) is 0. The number of nitrogens with zero attached hydrogens (tertiary/aromatic N) is 1. The van der Waals surface area contributed by atoms with Crippen LogP contribution in [-0.2, 0) is 9.84 Å². The second-order valence-electron chi connectivity index (χ2n) is 4.21. The van der Waals surface area contributed by atoms with E-state index in [4.69, 9.17) is 5.26 Å². The molecule has 0 fully saturated rings. The normalized spacial score (nSPS) is 12.5. The van der Waals surface area contributed by atoms with Crippen molar-refractivity contribution in [2.75, 3.05) is 6.26 Å². The quantitative estimate of drug-likeness (QED) is 0.774. The zero-order chi connectivity index (χ0) is 13.1. The van der Waals surface area contributed by atoms with E-state index in [1.165, 1.54) is 11.6 Å². The number of allylic oxidation sites excluding steroid dienone is 1. The van der Waals surface area contributed by atoms with Crippen LogP contribution in [0.1, 0.15) is 30.9 Å². The van der Waals surface area contributed by atoms with Crippen molar-refractivity contribution in [3.8, 4) is 6.07 Å². The Morgan fingerprint density at radius 3 is 2.18 bits per heavy atom. The molecule has 17 heavy (non-hydrogen) atoms. The summed E-state index contributed by atoms with van der Waals surface area (Å²) in [6.45, 7) is 4.17. The zero-order valence-electron chi connectivity index (χ0n) is 10.1. The van der Waals surface area contributed by atoms with Crippen molar-refractivity contribution in [1.29, 1.82) is 5.26 Å². The van der Waals surface area contributed by atoms with E-state index in [0.717, 1.165) is 11.8 Å². The maximum atomic E-state index is 11.3. The van der Waals surface area contributed by atoms with E-state index in [1.54, 1.807) is 6.07 Å². The molecule has 0 atom stereocenters. The molecule has 1 aromatic carbocycles. The summed E-state index contributed by atoms with van der Waals surface area (Å²) in [5.41, 5.74) is 1.90. The minimum absolute atomic E-state index is 0.213. The van der Waals surface area contributed by atoms with Gasteiger partial charge >= 0.3 is 0 Å². The van der Waals surface area contributed by atoms with E-state index in [0.29, 0.717) is 5.92 Å². The summed E-state index contributed by atoms with van der Waals surface area (Å²) in [5, 5.41) is 8.77. The van der Waals surface area contributed by atoms with E-state index < -0.39 is 9.84 Å². The first kappa shape index (κ1) is 13.5. The highest BCUT2D eigenvalue weighted by molar-refractivity contribution is 7.95. The summed E-state index contributed by atoms with van der Waals surface area (Å²) in [6.07, 6.45) is 2.42. The van der Waals surface area contributed by atoms with E-state index in [-0.39, 0.29) is 4.91 Å². The van der Waals surface area contributed by atoms with Gasteiger partial charge in [0.2, 0.25) is 0 Å². The number of sulfone groups is 1. The van der Waals surface area contributed by atoms with Crippen LogP contribution in [0, 0.1) is 11.3 Å². The number of rotatable bonds is 3. The summed E-state index contributed by atoms with van der Waals surface area (Å²) in [6, 6.07) is 9.21. The molecular weight excluding hydrogens is 234 g/mol. The molecular formula is C13H15NO2S. The summed E-state index contributed by atoms with van der Waals surface area (Å²) < 4.78 is 22.5. The summed E-state index contributed by atoms with van der Waals surface area (Å²) in [7, 11) is -3.44. The minimum Gasteiger partial charge on any atom is -0.223 e. The van der Waals surface area contributed by atoms with Crippen molar-refractivity contribution in [3.63, 3.8) is 0 Å². The first-order chi connectivity index (χ1) is 7.84. The second-order valence-corrected chi connectivity index (χ2v) is 6.20. The van der Waals surface area contributed by atoms with Crippen LogP contribution < -0.4 is 0 Å². The van der Waals surface area contributed by atoms with Gasteiger partial charge < -0.3 is 0 Å². The summed E-state index contributed by atoms with van der Waals surface area (Å²) in [4.78, 5) is -0.213. The lowest BCUT2D eigenvalue weighted by molar-refractivity contribution is 0.609. The highest BCUT2D eigenvalue weighted by Gasteiger charge is 2.10. The van der Waals surface area contributed by atoms with Crippen LogP contribution in [0.25, 0.3) is 6.08 Å². The summed E-state index contributed by atoms with van der Waals surface area (Å²) in [5.74, 6) is 0.429. The van der Waals surface area contributed by atoms with Gasteiger partial charge in [0, 0.05) is 6.26 Å². The molecule has 0 heterocycles. The molecule has 0 aliphatic rings. The Hall–Kier alpha value is -1.60. The molecule has 0 aromatic heterocycles. The molecule has 4 heteroatoms. The van der Waals surface area contributed by atoms with Crippen LogP contribution in [0.3, 0.4) is 0 Å². The Bertz CT molecular complexity index is 560. The van der Waals surface area contributed by atoms with E-state index in [2.05, 4.69) is 13.8 Å². The van der Waals surface area contributed by atoms with Crippen molar-refractivity contribution in [1.82, 2.24) is 0 Å². The molecule has 3 nitrogen and oxygen atoms in total. The lowest BCUT2D eigenvalue weighted by Crippen LogP contribution is -1.98. The van der Waals surface area contributed by atoms with Gasteiger partial charge in [-0.2, -0.15) is 5.26 Å². The Labute approximate surface area is 102 Å². The third-order valence-corrected chi connectivity index (χ3v) is 3.42. The SMILES string of the molecule is CC(C)c1ccc(/C=C(\C#N)S(C)(=O)=O)cc1. The lowest BCUT2D eigenvalue weighted by atomic mass is 10.0. The van der Waals surface area contributed by atoms with Crippen molar-refractivity contribution in [3.05, 3.63) is 40.3 Å². The predicted molar refractivity (Wildman–Crippen MR) is 69.0 cm³/mol. The van der Waals surface area contributed by atoms with Gasteiger partial charge in [-0.3, -0.25) is 0 Å². The Morgan fingerprint density at radius 1 is 1.29 bits per heavy atom. The van der Waals surface area contributed by atoms with Crippen molar-refractivity contribution >= 4 is 15.9 Å². The van der Waals surface area contributed by atoms with Crippen LogP contribution in [-0.4, -0.2) is 14.7 Å². The third-order valence-electron chi connectivity index (χ3n) is 2.41. The van der Waals surface area contributed by atoms with Crippen molar-refractivity contribution in [2.24, 2.45) is 0 Å². The molecule has 90 valence electrons. The molecule has 0 N–H and O–H groups in total. The van der Waals surface area contributed by atoms with Gasteiger partial charge in [-0.25, -0.2) is 8.42 Å². The molecule has 0 spiro atoms. The van der Waals surface area contributed by atoms with Gasteiger partial charge in [-0.05, 0) is 23.1 Å². The molecule has 0 aliphatic carbocycles. The maximum Gasteiger partial charge on any atom is 0.185 e. The average molecular weight is 249 g/mol. The van der Waals surface area contributed by atoms with Crippen LogP contribution >= 0.6 is 0 Å². The van der Waals surface area contributed by atoms with E-state index >= 15 is 0 Å². The standard InChI is InChI=1S/C13H15NO2S/c1-10(2)12-6-4-11(5-7-12)8-13(9-14)17(3,15)16/h4-8,10H,1-3H3/b13-8+. The third kappa shape index (κ3) is 3.72. The van der Waals surface area contributed by atoms with Crippen LogP contribution in [0.2, 0.25) is 0 Å². The lowest BCUT2D eigenvalue weighted by Gasteiger charge is -2.04. The monoisotopic (exact) mass is 249 g/mol. The number of benzene rings is 1. The summed E-state index contributed by atoms with van der Waals surface area (Å²) >= 11 is 0. The maximum absolute atomic E-state index is 11.3. The Kier molecular flexibility index (Phi) is 4.08. The molecule has 1 rings (SSSR count). The highest BCUT2D eigenvalue weighted by atomic mass is 32.2. The topological polar surface area (TPSA) is 57.9 Å². The van der Waals surface area contributed by atoms with E-state index in [1.807, 2.05) is 24.3 Å². The van der Waals surface area contributed by atoms with Gasteiger partial charge in [0.05, 0.1) is 0 Å². The first-order valence-corrected chi connectivity index (χ1v) is 7.15. The highest BCUT2D eigenvalue weighted by Crippen LogP contribution is 2.17. The van der Waals surface area contributed by atoms with Gasteiger partial charge in [0.15, 0.2) is 9.84 Å². The second kappa shape index (κ2) is 5.15. The van der Waals surface area contributed by atoms with Crippen LogP contribution in [0.15, 0.2) is 29.2 Å². The van der Waals surface area contributed by atoms with Gasteiger partial charge in [-0.15, -0.1) is 0 Å². The first-order valence-electron chi connectivity index (χ1n) is 5.26. The Balaban J connectivity index is 3.12. The molecule has 0 saturated carbocycles. The van der Waals surface area contributed by atoms with Gasteiger partial charge in [-0.1, -0.05) is 38.1 Å². The van der Waals surface area contributed by atoms with Crippen molar-refractivity contribution in [2.45, 2.75) is 19.8 Å². The predicted octanol–water partition coefficient (Wildman–Crippen LogP) is 2.72. The fourth-order valence-electron chi connectivity index (χ4n) is 1.35. The molecule has 0 unspecified atom stereocenters. The van der Waals surface area contributed by atoms with Gasteiger partial charge in [0.25, 0.3) is 0 Å². The molecule has 0 saturated heterocycles. The zero-order valence-corrected chi connectivity index (χ0v) is 11.0. The largest absolute Gasteiger partial charge is 0.223 e. The molecule has 1 aromatic rings. The van der Waals surface area contributed by atoms with Gasteiger partial charge in [0.1, 0.15) is 11.0 Å². The fourth-order valence-corrected chi connectivity index (χ4v) is 1.87. The smallest absolute Gasteiger partial charge is 0.185 e. The average Bonchev–Trinajstić information content (AvgIpc) is 2.24. The molecule has 0 amide bonds. The van der Waals surface area contributed by atoms with Crippen molar-refractivity contribution < 1.29 is 8.42 Å².